The maximum Gasteiger partial charge on any atom is 0.134 e. The largest absolute Gasteiger partial charge is 0.368 e. The number of aromatic nitrogens is 2. The van der Waals surface area contributed by atoms with Crippen molar-refractivity contribution in [1.29, 1.82) is 0 Å². The molecular weight excluding hydrogens is 284 g/mol. The molecule has 2 atom stereocenters. The molecule has 4 heteroatoms. The van der Waals surface area contributed by atoms with Crippen molar-refractivity contribution in [3.05, 3.63) is 47.3 Å². The molecule has 0 radical (unpaired) electrons. The zero-order chi connectivity index (χ0) is 16.0. The van der Waals surface area contributed by atoms with Gasteiger partial charge in [-0.15, -0.1) is 0 Å². The molecule has 23 heavy (non-hydrogen) atoms. The molecule has 3 heterocycles. The summed E-state index contributed by atoms with van der Waals surface area (Å²) in [6.45, 7) is 7.32. The number of hydrogen-bond donors (Lipinski definition) is 1. The Bertz CT molecular complexity index is 725. The van der Waals surface area contributed by atoms with Crippen molar-refractivity contribution >= 4 is 11.6 Å². The summed E-state index contributed by atoms with van der Waals surface area (Å²) in [5.41, 5.74) is 3.04. The zero-order valence-corrected chi connectivity index (χ0v) is 14.1. The molecule has 2 aromatic rings. The van der Waals surface area contributed by atoms with E-state index in [4.69, 9.17) is 4.98 Å². The van der Waals surface area contributed by atoms with Crippen LogP contribution in [0, 0.1) is 6.92 Å². The van der Waals surface area contributed by atoms with E-state index in [-0.39, 0.29) is 0 Å². The minimum absolute atomic E-state index is 0.371. The van der Waals surface area contributed by atoms with Gasteiger partial charge in [-0.2, -0.15) is 0 Å². The number of piperidine rings is 1. The number of rotatable bonds is 3. The topological polar surface area (TPSA) is 41.1 Å². The minimum Gasteiger partial charge on any atom is -0.368 e. The Kier molecular flexibility index (Phi) is 3.47. The lowest BCUT2D eigenvalue weighted by molar-refractivity contribution is 0.387. The fourth-order valence-electron chi connectivity index (χ4n) is 4.06. The smallest absolute Gasteiger partial charge is 0.134 e. The average molecular weight is 308 g/mol. The summed E-state index contributed by atoms with van der Waals surface area (Å²) in [4.78, 5) is 11.7. The number of nitrogens with one attached hydrogen (secondary N) is 1. The highest BCUT2D eigenvalue weighted by molar-refractivity contribution is 5.55. The van der Waals surface area contributed by atoms with E-state index in [1.165, 1.54) is 18.4 Å². The summed E-state index contributed by atoms with van der Waals surface area (Å²) in [6, 6.07) is 11.9. The molecule has 1 aromatic heterocycles. The van der Waals surface area contributed by atoms with Crippen LogP contribution in [-0.4, -0.2) is 22.6 Å². The molecule has 0 spiro atoms. The second kappa shape index (κ2) is 5.52. The molecule has 5 rings (SSSR count). The third-order valence-corrected chi connectivity index (χ3v) is 4.93. The highest BCUT2D eigenvalue weighted by Gasteiger charge is 2.38. The summed E-state index contributed by atoms with van der Waals surface area (Å²) in [6.07, 6.45) is 2.51. The van der Waals surface area contributed by atoms with Crippen molar-refractivity contribution in [3.63, 3.8) is 0 Å². The van der Waals surface area contributed by atoms with Gasteiger partial charge < -0.3 is 10.2 Å². The fourth-order valence-corrected chi connectivity index (χ4v) is 4.06. The number of anilines is 2. The van der Waals surface area contributed by atoms with E-state index in [1.807, 2.05) is 6.92 Å². The molecule has 0 saturated carbocycles. The van der Waals surface area contributed by atoms with Crippen LogP contribution in [0.5, 0.6) is 0 Å². The Morgan fingerprint density at radius 1 is 1.13 bits per heavy atom. The van der Waals surface area contributed by atoms with Crippen LogP contribution in [-0.2, 0) is 0 Å². The molecule has 4 nitrogen and oxygen atoms in total. The molecule has 0 unspecified atom stereocenters. The first-order valence-electron chi connectivity index (χ1n) is 8.59. The Hall–Kier alpha value is -2.10. The molecule has 1 aliphatic carbocycles. The predicted octanol–water partition coefficient (Wildman–Crippen LogP) is 4.04. The SMILES string of the molecule is Cc1nc(NC(C)C)cc(N2C[C@H]3CC[C@H]2c2ccccc23)n1. The van der Waals surface area contributed by atoms with Gasteiger partial charge in [0.1, 0.15) is 17.5 Å². The zero-order valence-electron chi connectivity index (χ0n) is 14.1. The summed E-state index contributed by atoms with van der Waals surface area (Å²) in [5.74, 6) is 3.45. The quantitative estimate of drug-likeness (QED) is 0.929. The Morgan fingerprint density at radius 3 is 2.70 bits per heavy atom. The lowest BCUT2D eigenvalue weighted by Gasteiger charge is -2.47. The molecular formula is C19H24N4. The van der Waals surface area contributed by atoms with E-state index in [1.54, 1.807) is 5.56 Å². The number of aryl methyl sites for hydroxylation is 1. The van der Waals surface area contributed by atoms with Gasteiger partial charge in [0.2, 0.25) is 0 Å². The molecule has 1 saturated heterocycles. The van der Waals surface area contributed by atoms with E-state index in [0.29, 0.717) is 18.0 Å². The molecule has 1 aromatic carbocycles. The first-order valence-corrected chi connectivity index (χ1v) is 8.59. The molecule has 1 fully saturated rings. The Labute approximate surface area is 138 Å². The average Bonchev–Trinajstić information content (AvgIpc) is 2.54. The van der Waals surface area contributed by atoms with E-state index in [9.17, 15) is 0 Å². The van der Waals surface area contributed by atoms with Gasteiger partial charge in [-0.1, -0.05) is 24.3 Å². The van der Waals surface area contributed by atoms with E-state index in [0.717, 1.165) is 24.0 Å². The summed E-state index contributed by atoms with van der Waals surface area (Å²) in [7, 11) is 0. The highest BCUT2D eigenvalue weighted by atomic mass is 15.2. The van der Waals surface area contributed by atoms with Crippen LogP contribution in [0.1, 0.15) is 55.6 Å². The monoisotopic (exact) mass is 308 g/mol. The van der Waals surface area contributed by atoms with Crippen molar-refractivity contribution in [2.24, 2.45) is 0 Å². The first-order chi connectivity index (χ1) is 11.1. The third-order valence-electron chi connectivity index (χ3n) is 4.93. The normalized spacial score (nSPS) is 22.3. The predicted molar refractivity (Wildman–Crippen MR) is 94.0 cm³/mol. The van der Waals surface area contributed by atoms with E-state index in [2.05, 4.69) is 59.4 Å². The Balaban J connectivity index is 1.71. The van der Waals surface area contributed by atoms with Gasteiger partial charge in [-0.25, -0.2) is 9.97 Å². The summed E-state index contributed by atoms with van der Waals surface area (Å²) in [5, 5.41) is 3.41. The maximum absolute atomic E-state index is 4.73. The second-order valence-electron chi connectivity index (χ2n) is 7.03. The second-order valence-corrected chi connectivity index (χ2v) is 7.03. The van der Waals surface area contributed by atoms with Crippen LogP contribution in [0.25, 0.3) is 0 Å². The van der Waals surface area contributed by atoms with Gasteiger partial charge in [-0.3, -0.25) is 0 Å². The summed E-state index contributed by atoms with van der Waals surface area (Å²) >= 11 is 0. The number of nitrogens with zero attached hydrogens (tertiary/aromatic N) is 3. The maximum atomic E-state index is 4.73. The van der Waals surface area contributed by atoms with Crippen LogP contribution in [0.15, 0.2) is 30.3 Å². The molecule has 0 amide bonds. The lowest BCUT2D eigenvalue weighted by Crippen LogP contribution is -2.43. The fraction of sp³-hybridized carbons (Fsp3) is 0.474. The van der Waals surface area contributed by atoms with Crippen molar-refractivity contribution in [3.8, 4) is 0 Å². The van der Waals surface area contributed by atoms with Crippen LogP contribution < -0.4 is 10.2 Å². The van der Waals surface area contributed by atoms with Crippen molar-refractivity contribution in [1.82, 2.24) is 9.97 Å². The standard InChI is InChI=1S/C19H24N4/c1-12(2)20-18-10-19(22-13(3)21-18)23-11-14-8-9-17(23)16-7-5-4-6-15(14)16/h4-7,10,12,14,17H,8-9,11H2,1-3H3,(H,20,21,22)/t14-,17+/m1/s1. The van der Waals surface area contributed by atoms with Gasteiger partial charge in [0, 0.05) is 24.6 Å². The van der Waals surface area contributed by atoms with E-state index >= 15 is 0 Å². The molecule has 3 aliphatic rings. The summed E-state index contributed by atoms with van der Waals surface area (Å²) < 4.78 is 0. The van der Waals surface area contributed by atoms with Crippen LogP contribution >= 0.6 is 0 Å². The van der Waals surface area contributed by atoms with Crippen molar-refractivity contribution in [2.75, 3.05) is 16.8 Å². The number of benzene rings is 1. The minimum atomic E-state index is 0.371. The highest BCUT2D eigenvalue weighted by Crippen LogP contribution is 2.47. The van der Waals surface area contributed by atoms with E-state index < -0.39 is 0 Å². The van der Waals surface area contributed by atoms with Gasteiger partial charge in [0.15, 0.2) is 0 Å². The number of hydrogen-bond acceptors (Lipinski definition) is 4. The number of fused-ring (bicyclic) bond motifs is 2. The van der Waals surface area contributed by atoms with Gasteiger partial charge >= 0.3 is 0 Å². The van der Waals surface area contributed by atoms with Gasteiger partial charge in [0.05, 0.1) is 6.04 Å². The first kappa shape index (κ1) is 14.5. The molecule has 2 bridgehead atoms. The molecule has 1 N–H and O–H groups in total. The Morgan fingerprint density at radius 2 is 1.91 bits per heavy atom. The lowest BCUT2D eigenvalue weighted by atomic mass is 9.75. The van der Waals surface area contributed by atoms with Gasteiger partial charge in [0.25, 0.3) is 0 Å². The van der Waals surface area contributed by atoms with Crippen LogP contribution in [0.3, 0.4) is 0 Å². The van der Waals surface area contributed by atoms with Crippen LogP contribution in [0.2, 0.25) is 0 Å². The van der Waals surface area contributed by atoms with Crippen LogP contribution in [0.4, 0.5) is 11.6 Å². The van der Waals surface area contributed by atoms with Gasteiger partial charge in [-0.05, 0) is 44.7 Å². The van der Waals surface area contributed by atoms with Crippen molar-refractivity contribution in [2.45, 2.75) is 51.6 Å². The van der Waals surface area contributed by atoms with Crippen molar-refractivity contribution < 1.29 is 0 Å². The molecule has 2 aliphatic heterocycles. The molecule has 120 valence electrons. The third kappa shape index (κ3) is 2.56.